The fourth-order valence-corrected chi connectivity index (χ4v) is 2.68. The average Bonchev–Trinajstić information content (AvgIpc) is 2.79. The topological polar surface area (TPSA) is 76.0 Å². The van der Waals surface area contributed by atoms with E-state index in [0.29, 0.717) is 12.8 Å². The summed E-state index contributed by atoms with van der Waals surface area (Å²) in [5.41, 5.74) is -0.432. The highest BCUT2D eigenvalue weighted by molar-refractivity contribution is 5.66. The van der Waals surface area contributed by atoms with Crippen LogP contribution in [-0.4, -0.2) is 46.2 Å². The summed E-state index contributed by atoms with van der Waals surface area (Å²) in [5.74, 6) is -0.298. The zero-order valence-electron chi connectivity index (χ0n) is 14.4. The molecule has 0 radical (unpaired) electrons. The zero-order valence-corrected chi connectivity index (χ0v) is 14.4. The van der Waals surface area contributed by atoms with E-state index in [1.165, 1.54) is 6.92 Å². The third-order valence-corrected chi connectivity index (χ3v) is 4.34. The van der Waals surface area contributed by atoms with Gasteiger partial charge in [0.05, 0.1) is 23.4 Å². The lowest BCUT2D eigenvalue weighted by molar-refractivity contribution is -0.153. The largest absolute Gasteiger partial charge is 0.462 e. The first-order valence-electron chi connectivity index (χ1n) is 7.92. The van der Waals surface area contributed by atoms with Crippen molar-refractivity contribution in [3.05, 3.63) is 11.6 Å². The summed E-state index contributed by atoms with van der Waals surface area (Å²) in [6.45, 7) is 8.97. The van der Waals surface area contributed by atoms with Crippen LogP contribution >= 0.6 is 0 Å². The predicted octanol–water partition coefficient (Wildman–Crippen LogP) is 2.35. The standard InChI is InChI=1S/C17H30O5/c1-12(9-11-21-13(2)18)6-7-14(19)17(5)10-8-15(22-17)16(3,4)20/h9,14-15,19-20H,6-8,10-11H2,1-5H3/b12-9+/t14-,15-,17+/m1/s1. The van der Waals surface area contributed by atoms with Crippen molar-refractivity contribution in [2.75, 3.05) is 6.61 Å². The van der Waals surface area contributed by atoms with Gasteiger partial charge < -0.3 is 19.7 Å². The minimum atomic E-state index is -0.892. The number of hydrogen-bond donors (Lipinski definition) is 2. The number of hydrogen-bond acceptors (Lipinski definition) is 5. The van der Waals surface area contributed by atoms with E-state index in [1.807, 2.05) is 19.9 Å². The van der Waals surface area contributed by atoms with Gasteiger partial charge in [-0.3, -0.25) is 4.79 Å². The van der Waals surface area contributed by atoms with E-state index in [2.05, 4.69) is 0 Å². The SMILES string of the molecule is CC(=O)OC/C=C(\C)CC[C@@H](O)[C@]1(C)CC[C@H](C(C)(C)O)O1. The molecule has 0 aliphatic carbocycles. The van der Waals surface area contributed by atoms with Crippen LogP contribution in [0.25, 0.3) is 0 Å². The van der Waals surface area contributed by atoms with E-state index in [4.69, 9.17) is 9.47 Å². The molecule has 0 aromatic rings. The van der Waals surface area contributed by atoms with Gasteiger partial charge in [0.1, 0.15) is 6.61 Å². The van der Waals surface area contributed by atoms with Crippen molar-refractivity contribution in [3.8, 4) is 0 Å². The summed E-state index contributed by atoms with van der Waals surface area (Å²) < 4.78 is 10.8. The van der Waals surface area contributed by atoms with E-state index in [1.54, 1.807) is 13.8 Å². The monoisotopic (exact) mass is 314 g/mol. The molecule has 0 spiro atoms. The molecule has 128 valence electrons. The average molecular weight is 314 g/mol. The number of carbonyl (C=O) groups excluding carboxylic acids is 1. The highest BCUT2D eigenvalue weighted by atomic mass is 16.5. The molecular weight excluding hydrogens is 284 g/mol. The molecule has 0 unspecified atom stereocenters. The molecule has 1 aliphatic rings. The molecule has 22 heavy (non-hydrogen) atoms. The molecule has 0 aromatic heterocycles. The van der Waals surface area contributed by atoms with Crippen molar-refractivity contribution in [3.63, 3.8) is 0 Å². The van der Waals surface area contributed by atoms with Gasteiger partial charge in [-0.2, -0.15) is 0 Å². The Hall–Kier alpha value is -0.910. The van der Waals surface area contributed by atoms with Crippen LogP contribution in [0.3, 0.4) is 0 Å². The molecule has 2 N–H and O–H groups in total. The molecule has 5 nitrogen and oxygen atoms in total. The third-order valence-electron chi connectivity index (χ3n) is 4.34. The lowest BCUT2D eigenvalue weighted by Gasteiger charge is -2.33. The van der Waals surface area contributed by atoms with E-state index < -0.39 is 17.3 Å². The Morgan fingerprint density at radius 2 is 2.14 bits per heavy atom. The van der Waals surface area contributed by atoms with Crippen molar-refractivity contribution in [2.24, 2.45) is 0 Å². The zero-order chi connectivity index (χ0) is 17.0. The van der Waals surface area contributed by atoms with Gasteiger partial charge in [-0.25, -0.2) is 0 Å². The van der Waals surface area contributed by atoms with Crippen LogP contribution in [0.4, 0.5) is 0 Å². The van der Waals surface area contributed by atoms with E-state index in [0.717, 1.165) is 18.4 Å². The summed E-state index contributed by atoms with van der Waals surface area (Å²) in [4.78, 5) is 10.7. The van der Waals surface area contributed by atoms with Crippen molar-refractivity contribution in [2.45, 2.75) is 83.7 Å². The third kappa shape index (κ3) is 5.71. The first-order valence-corrected chi connectivity index (χ1v) is 7.92. The van der Waals surface area contributed by atoms with Crippen molar-refractivity contribution >= 4 is 5.97 Å². The van der Waals surface area contributed by atoms with Crippen LogP contribution < -0.4 is 0 Å². The normalized spacial score (nSPS) is 27.8. The van der Waals surface area contributed by atoms with Crippen LogP contribution in [0, 0.1) is 0 Å². The molecule has 0 amide bonds. The Morgan fingerprint density at radius 3 is 2.64 bits per heavy atom. The summed E-state index contributed by atoms with van der Waals surface area (Å²) in [6, 6.07) is 0. The molecule has 3 atom stereocenters. The number of allylic oxidation sites excluding steroid dienone is 1. The second kappa shape index (κ2) is 7.57. The lowest BCUT2D eigenvalue weighted by Crippen LogP contribution is -2.43. The first kappa shape index (κ1) is 19.1. The molecule has 1 aliphatic heterocycles. The Morgan fingerprint density at radius 1 is 1.50 bits per heavy atom. The molecule has 0 aromatic carbocycles. The highest BCUT2D eigenvalue weighted by Crippen LogP contribution is 2.38. The first-order chi connectivity index (χ1) is 10.0. The molecule has 1 saturated heterocycles. The van der Waals surface area contributed by atoms with Crippen LogP contribution in [0.1, 0.15) is 60.3 Å². The van der Waals surface area contributed by atoms with Crippen molar-refractivity contribution < 1.29 is 24.5 Å². The van der Waals surface area contributed by atoms with Crippen LogP contribution in [-0.2, 0) is 14.3 Å². The Labute approximate surface area is 133 Å². The molecule has 5 heteroatoms. The number of aliphatic hydroxyl groups is 2. The van der Waals surface area contributed by atoms with Crippen LogP contribution in [0.5, 0.6) is 0 Å². The Bertz CT molecular complexity index is 410. The van der Waals surface area contributed by atoms with E-state index in [-0.39, 0.29) is 18.7 Å². The van der Waals surface area contributed by atoms with Gasteiger partial charge in [-0.15, -0.1) is 0 Å². The van der Waals surface area contributed by atoms with Crippen LogP contribution in [0.15, 0.2) is 11.6 Å². The molecular formula is C17H30O5. The van der Waals surface area contributed by atoms with Gasteiger partial charge in [-0.05, 0) is 59.5 Å². The second-order valence-electron chi connectivity index (χ2n) is 7.02. The second-order valence-corrected chi connectivity index (χ2v) is 7.02. The van der Waals surface area contributed by atoms with E-state index >= 15 is 0 Å². The maximum absolute atomic E-state index is 10.7. The smallest absolute Gasteiger partial charge is 0.302 e. The summed E-state index contributed by atoms with van der Waals surface area (Å²) in [5, 5.41) is 20.5. The molecule has 1 fully saturated rings. The van der Waals surface area contributed by atoms with Crippen molar-refractivity contribution in [1.82, 2.24) is 0 Å². The minimum Gasteiger partial charge on any atom is -0.462 e. The fourth-order valence-electron chi connectivity index (χ4n) is 2.68. The highest BCUT2D eigenvalue weighted by Gasteiger charge is 2.46. The number of aliphatic hydroxyl groups excluding tert-OH is 1. The van der Waals surface area contributed by atoms with Crippen LogP contribution in [0.2, 0.25) is 0 Å². The van der Waals surface area contributed by atoms with Crippen molar-refractivity contribution in [1.29, 1.82) is 0 Å². The van der Waals surface area contributed by atoms with Gasteiger partial charge in [0.2, 0.25) is 0 Å². The Balaban J connectivity index is 2.45. The number of esters is 1. The van der Waals surface area contributed by atoms with Gasteiger partial charge in [0.15, 0.2) is 0 Å². The van der Waals surface area contributed by atoms with Gasteiger partial charge in [0.25, 0.3) is 0 Å². The number of ether oxygens (including phenoxy) is 2. The predicted molar refractivity (Wildman–Crippen MR) is 84.4 cm³/mol. The number of rotatable bonds is 7. The lowest BCUT2D eigenvalue weighted by atomic mass is 9.90. The van der Waals surface area contributed by atoms with E-state index in [9.17, 15) is 15.0 Å². The summed E-state index contributed by atoms with van der Waals surface area (Å²) in [7, 11) is 0. The maximum atomic E-state index is 10.7. The quantitative estimate of drug-likeness (QED) is 0.557. The molecule has 0 bridgehead atoms. The van der Waals surface area contributed by atoms with Gasteiger partial charge >= 0.3 is 5.97 Å². The molecule has 1 heterocycles. The fraction of sp³-hybridized carbons (Fsp3) is 0.824. The number of carbonyl (C=O) groups is 1. The van der Waals surface area contributed by atoms with Gasteiger partial charge in [-0.1, -0.05) is 5.57 Å². The Kier molecular flexibility index (Phi) is 6.59. The minimum absolute atomic E-state index is 0.243. The molecule has 1 rings (SSSR count). The maximum Gasteiger partial charge on any atom is 0.302 e. The summed E-state index contributed by atoms with van der Waals surface area (Å²) in [6.07, 6.45) is 3.80. The summed E-state index contributed by atoms with van der Waals surface area (Å²) >= 11 is 0. The van der Waals surface area contributed by atoms with Gasteiger partial charge in [0, 0.05) is 6.92 Å². The molecule has 0 saturated carbocycles.